The van der Waals surface area contributed by atoms with E-state index >= 15 is 0 Å². The molecule has 0 saturated carbocycles. The topological polar surface area (TPSA) is 61.6 Å². The molecule has 2 aliphatic rings. The smallest absolute Gasteiger partial charge is 0.248 e. The summed E-state index contributed by atoms with van der Waals surface area (Å²) in [6, 6.07) is 10.4. The molecule has 5 nitrogen and oxygen atoms in total. The first kappa shape index (κ1) is 17.7. The van der Waals surface area contributed by atoms with Crippen LogP contribution in [0.15, 0.2) is 30.3 Å². The lowest BCUT2D eigenvalue weighted by molar-refractivity contribution is -0.121. The van der Waals surface area contributed by atoms with Crippen molar-refractivity contribution in [2.24, 2.45) is 5.73 Å². The molecule has 1 amide bonds. The summed E-state index contributed by atoms with van der Waals surface area (Å²) in [7, 11) is 2.17. The van der Waals surface area contributed by atoms with Crippen molar-refractivity contribution in [2.75, 3.05) is 52.1 Å². The van der Waals surface area contributed by atoms with Crippen molar-refractivity contribution in [1.82, 2.24) is 15.1 Å². The predicted molar refractivity (Wildman–Crippen MR) is 100 cm³/mol. The summed E-state index contributed by atoms with van der Waals surface area (Å²) >= 11 is 1.68. The van der Waals surface area contributed by atoms with Crippen LogP contribution in [0, 0.1) is 0 Å². The fraction of sp³-hybridized carbons (Fsp3) is 0.611. The summed E-state index contributed by atoms with van der Waals surface area (Å²) < 4.78 is 0. The van der Waals surface area contributed by atoms with Gasteiger partial charge in [0.1, 0.15) is 0 Å². The summed E-state index contributed by atoms with van der Waals surface area (Å²) in [5.74, 6) is 0.793. The molecule has 24 heavy (non-hydrogen) atoms. The van der Waals surface area contributed by atoms with E-state index in [1.807, 2.05) is 18.2 Å². The van der Waals surface area contributed by atoms with Crippen LogP contribution in [-0.4, -0.2) is 72.6 Å². The van der Waals surface area contributed by atoms with Gasteiger partial charge in [-0.1, -0.05) is 30.3 Å². The highest BCUT2D eigenvalue weighted by Gasteiger charge is 2.47. The zero-order valence-corrected chi connectivity index (χ0v) is 15.2. The van der Waals surface area contributed by atoms with E-state index < -0.39 is 4.87 Å². The molecule has 3 N–H and O–H groups in total. The van der Waals surface area contributed by atoms with E-state index in [2.05, 4.69) is 34.3 Å². The van der Waals surface area contributed by atoms with E-state index in [1.165, 1.54) is 5.56 Å². The molecular formula is C18H28N4OS. The van der Waals surface area contributed by atoms with E-state index in [-0.39, 0.29) is 11.8 Å². The quantitative estimate of drug-likeness (QED) is 0.801. The number of likely N-dealkylation sites (N-methyl/N-ethyl adjacent to an activating group) is 1. The number of nitrogens with one attached hydrogen (secondary N) is 1. The standard InChI is InChI=1S/C18H28N4OS/c1-21-10-12-22(13-11-21)9-7-16(15-5-3-2-4-6-15)18(17(19)23)20-8-14-24-18/h2-6,16,20H,7-14H2,1H3,(H2,19,23). The molecule has 1 aromatic carbocycles. The number of piperazine rings is 1. The number of amides is 1. The Bertz CT molecular complexity index is 539. The average Bonchev–Trinajstić information content (AvgIpc) is 3.09. The highest BCUT2D eigenvalue weighted by Crippen LogP contribution is 2.42. The highest BCUT2D eigenvalue weighted by atomic mass is 32.2. The largest absolute Gasteiger partial charge is 0.367 e. The summed E-state index contributed by atoms with van der Waals surface area (Å²) in [4.78, 5) is 16.5. The van der Waals surface area contributed by atoms with Crippen molar-refractivity contribution in [1.29, 1.82) is 0 Å². The molecule has 2 aliphatic heterocycles. The van der Waals surface area contributed by atoms with Gasteiger partial charge in [-0.15, -0.1) is 11.8 Å². The molecule has 0 aliphatic carbocycles. The molecular weight excluding hydrogens is 320 g/mol. The van der Waals surface area contributed by atoms with Gasteiger partial charge >= 0.3 is 0 Å². The molecule has 1 aromatic rings. The van der Waals surface area contributed by atoms with E-state index in [9.17, 15) is 4.79 Å². The number of carbonyl (C=O) groups excluding carboxylic acids is 1. The summed E-state index contributed by atoms with van der Waals surface area (Å²) in [6.45, 7) is 6.27. The number of hydrogen-bond donors (Lipinski definition) is 2. The van der Waals surface area contributed by atoms with Crippen LogP contribution < -0.4 is 11.1 Å². The molecule has 0 aromatic heterocycles. The lowest BCUT2D eigenvalue weighted by atomic mass is 9.87. The molecule has 2 fully saturated rings. The second-order valence-corrected chi connectivity index (χ2v) is 8.11. The van der Waals surface area contributed by atoms with Gasteiger partial charge in [-0.25, -0.2) is 0 Å². The normalized spacial score (nSPS) is 27.2. The van der Waals surface area contributed by atoms with Gasteiger partial charge in [0.25, 0.3) is 0 Å². The Hall–Kier alpha value is -1.08. The second kappa shape index (κ2) is 7.87. The minimum absolute atomic E-state index is 0.100. The van der Waals surface area contributed by atoms with Gasteiger partial charge < -0.3 is 15.5 Å². The number of hydrogen-bond acceptors (Lipinski definition) is 5. The molecule has 2 unspecified atom stereocenters. The van der Waals surface area contributed by atoms with Crippen LogP contribution in [0.1, 0.15) is 17.9 Å². The fourth-order valence-electron chi connectivity index (χ4n) is 3.73. The maximum atomic E-state index is 12.4. The Morgan fingerprint density at radius 2 is 2.00 bits per heavy atom. The molecule has 0 spiro atoms. The van der Waals surface area contributed by atoms with Crippen molar-refractivity contribution < 1.29 is 4.79 Å². The van der Waals surface area contributed by atoms with Crippen LogP contribution in [0.5, 0.6) is 0 Å². The summed E-state index contributed by atoms with van der Waals surface area (Å²) in [5.41, 5.74) is 7.06. The highest BCUT2D eigenvalue weighted by molar-refractivity contribution is 8.01. The molecule has 132 valence electrons. The Balaban J connectivity index is 1.76. The lowest BCUT2D eigenvalue weighted by Gasteiger charge is -2.37. The molecule has 2 heterocycles. The first-order valence-corrected chi connectivity index (χ1v) is 9.75. The molecule has 0 bridgehead atoms. The van der Waals surface area contributed by atoms with Crippen molar-refractivity contribution in [2.45, 2.75) is 17.2 Å². The van der Waals surface area contributed by atoms with E-state index in [1.54, 1.807) is 11.8 Å². The zero-order valence-electron chi connectivity index (χ0n) is 14.4. The summed E-state index contributed by atoms with van der Waals surface area (Å²) in [5, 5.41) is 3.42. The van der Waals surface area contributed by atoms with Gasteiger partial charge in [0, 0.05) is 44.4 Å². The van der Waals surface area contributed by atoms with Crippen LogP contribution >= 0.6 is 11.8 Å². The van der Waals surface area contributed by atoms with Crippen LogP contribution in [0.3, 0.4) is 0 Å². The first-order valence-electron chi connectivity index (χ1n) is 8.76. The number of nitrogens with two attached hydrogens (primary N) is 1. The van der Waals surface area contributed by atoms with Gasteiger partial charge in [0.2, 0.25) is 5.91 Å². The second-order valence-electron chi connectivity index (χ2n) is 6.77. The van der Waals surface area contributed by atoms with E-state index in [0.29, 0.717) is 0 Å². The predicted octanol–water partition coefficient (Wildman–Crippen LogP) is 0.926. The number of thioether (sulfide) groups is 1. The van der Waals surface area contributed by atoms with Gasteiger partial charge in [-0.3, -0.25) is 10.1 Å². The maximum Gasteiger partial charge on any atom is 0.248 e. The van der Waals surface area contributed by atoms with Crippen molar-refractivity contribution in [3.8, 4) is 0 Å². The number of primary amides is 1. The Kier molecular flexibility index (Phi) is 5.81. The Labute approximate surface area is 148 Å². The van der Waals surface area contributed by atoms with Crippen LogP contribution in [-0.2, 0) is 4.79 Å². The van der Waals surface area contributed by atoms with E-state index in [4.69, 9.17) is 5.73 Å². The van der Waals surface area contributed by atoms with Crippen LogP contribution in [0.25, 0.3) is 0 Å². The minimum Gasteiger partial charge on any atom is -0.367 e. The monoisotopic (exact) mass is 348 g/mol. The minimum atomic E-state index is -0.673. The van der Waals surface area contributed by atoms with Crippen molar-refractivity contribution >= 4 is 17.7 Å². The van der Waals surface area contributed by atoms with Gasteiger partial charge in [-0.05, 0) is 25.6 Å². The third kappa shape index (κ3) is 3.77. The summed E-state index contributed by atoms with van der Waals surface area (Å²) in [6.07, 6.45) is 0.941. The molecule has 3 rings (SSSR count). The van der Waals surface area contributed by atoms with Crippen molar-refractivity contribution in [3.63, 3.8) is 0 Å². The van der Waals surface area contributed by atoms with Crippen LogP contribution in [0.2, 0.25) is 0 Å². The molecule has 6 heteroatoms. The van der Waals surface area contributed by atoms with Gasteiger partial charge in [0.15, 0.2) is 4.87 Å². The maximum absolute atomic E-state index is 12.4. The molecule has 0 radical (unpaired) electrons. The number of nitrogens with zero attached hydrogens (tertiary/aromatic N) is 2. The number of carbonyl (C=O) groups is 1. The van der Waals surface area contributed by atoms with Gasteiger partial charge in [-0.2, -0.15) is 0 Å². The number of rotatable bonds is 6. The number of benzene rings is 1. The average molecular weight is 349 g/mol. The molecule has 2 atom stereocenters. The zero-order chi connectivity index (χ0) is 17.0. The lowest BCUT2D eigenvalue weighted by Crippen LogP contribution is -2.54. The Morgan fingerprint density at radius 1 is 1.29 bits per heavy atom. The van der Waals surface area contributed by atoms with Gasteiger partial charge in [0.05, 0.1) is 0 Å². The van der Waals surface area contributed by atoms with E-state index in [0.717, 1.165) is 51.4 Å². The fourth-order valence-corrected chi connectivity index (χ4v) is 5.05. The third-order valence-electron chi connectivity index (χ3n) is 5.21. The Morgan fingerprint density at radius 3 is 2.58 bits per heavy atom. The molecule has 2 saturated heterocycles. The van der Waals surface area contributed by atoms with Crippen LogP contribution in [0.4, 0.5) is 0 Å². The van der Waals surface area contributed by atoms with Crippen molar-refractivity contribution in [3.05, 3.63) is 35.9 Å². The first-order chi connectivity index (χ1) is 11.6. The third-order valence-corrected chi connectivity index (χ3v) is 6.70. The SMILES string of the molecule is CN1CCN(CCC(c2ccccc2)C2(C(N)=O)NCCS2)CC1.